The van der Waals surface area contributed by atoms with E-state index in [0.29, 0.717) is 42.6 Å². The maximum absolute atomic E-state index is 12.2. The number of esters is 1. The zero-order chi connectivity index (χ0) is 20.2. The van der Waals surface area contributed by atoms with Gasteiger partial charge in [0.15, 0.2) is 11.6 Å². The second-order valence-corrected chi connectivity index (χ2v) is 7.74. The molecule has 2 aromatic carbocycles. The normalized spacial score (nSPS) is 19.4. The summed E-state index contributed by atoms with van der Waals surface area (Å²) in [6, 6.07) is 6.62. The summed E-state index contributed by atoms with van der Waals surface area (Å²) < 4.78 is 5.51. The van der Waals surface area contributed by atoms with E-state index in [1.807, 2.05) is 0 Å². The highest BCUT2D eigenvalue weighted by Gasteiger charge is 2.50. The zero-order valence-corrected chi connectivity index (χ0v) is 16.2. The highest BCUT2D eigenvalue weighted by atomic mass is 16.5. The quantitative estimate of drug-likeness (QED) is 0.498. The topological polar surface area (TPSA) is 80.7 Å². The summed E-state index contributed by atoms with van der Waals surface area (Å²) in [5.74, 6) is 0.0735. The maximum atomic E-state index is 12.2. The first-order valence-electron chi connectivity index (χ1n) is 9.48. The van der Waals surface area contributed by atoms with Crippen LogP contribution in [0.25, 0.3) is 0 Å². The molecule has 0 heterocycles. The Morgan fingerprint density at radius 3 is 1.93 bits per heavy atom. The number of phenolic OH excluding ortho intramolecular Hbond substituents is 1. The molecule has 1 N–H and O–H groups in total. The fourth-order valence-corrected chi connectivity index (χ4v) is 5.17. The fraction of sp³-hybridized carbons (Fsp3) is 0.348. The number of fused-ring (bicyclic) bond motifs is 4. The number of Topliss-reactive ketones (excluding diaryl/α,β-unsaturated/α-hetero) is 2. The number of ether oxygens (including phenoxy) is 1. The standard InChI is InChI=1S/C23H22O5/c1-12(24)15-4-6-19(27)21-17(15)8-10-23(21)11-9-18-16(13(2)25)5-7-20(22(18)23)28-14(3)26/h4-7,27H,8-11H2,1-3H3. The van der Waals surface area contributed by atoms with Crippen molar-refractivity contribution < 1.29 is 24.2 Å². The Labute approximate surface area is 163 Å². The molecule has 1 unspecified atom stereocenters. The number of aromatic hydroxyl groups is 1. The molecule has 1 atom stereocenters. The van der Waals surface area contributed by atoms with Gasteiger partial charge in [0.05, 0.1) is 0 Å². The van der Waals surface area contributed by atoms with Gasteiger partial charge in [-0.25, -0.2) is 0 Å². The lowest BCUT2D eigenvalue weighted by Crippen LogP contribution is -2.23. The highest BCUT2D eigenvalue weighted by molar-refractivity contribution is 5.98. The van der Waals surface area contributed by atoms with E-state index in [4.69, 9.17) is 4.74 Å². The second-order valence-electron chi connectivity index (χ2n) is 7.74. The Balaban J connectivity index is 2.03. The van der Waals surface area contributed by atoms with Crippen LogP contribution in [0.2, 0.25) is 0 Å². The molecule has 0 saturated carbocycles. The van der Waals surface area contributed by atoms with E-state index in [1.165, 1.54) is 20.8 Å². The Morgan fingerprint density at radius 2 is 1.39 bits per heavy atom. The molecule has 144 valence electrons. The summed E-state index contributed by atoms with van der Waals surface area (Å²) in [4.78, 5) is 36.0. The summed E-state index contributed by atoms with van der Waals surface area (Å²) in [6.45, 7) is 4.40. The van der Waals surface area contributed by atoms with Crippen LogP contribution < -0.4 is 4.74 Å². The van der Waals surface area contributed by atoms with Crippen LogP contribution in [0.4, 0.5) is 0 Å². The summed E-state index contributed by atoms with van der Waals surface area (Å²) in [6.07, 6.45) is 2.70. The molecule has 2 aliphatic carbocycles. The van der Waals surface area contributed by atoms with E-state index < -0.39 is 11.4 Å². The third kappa shape index (κ3) is 2.49. The first-order chi connectivity index (χ1) is 13.3. The molecule has 0 bridgehead atoms. The van der Waals surface area contributed by atoms with E-state index in [-0.39, 0.29) is 17.3 Å². The zero-order valence-electron chi connectivity index (χ0n) is 16.2. The first-order valence-corrected chi connectivity index (χ1v) is 9.48. The molecular formula is C23H22O5. The van der Waals surface area contributed by atoms with Crippen molar-refractivity contribution in [2.24, 2.45) is 0 Å². The highest BCUT2D eigenvalue weighted by Crippen LogP contribution is 2.58. The van der Waals surface area contributed by atoms with Crippen molar-refractivity contribution in [1.82, 2.24) is 0 Å². The number of carbonyl (C=O) groups is 3. The number of benzene rings is 2. The van der Waals surface area contributed by atoms with Gasteiger partial charge in [0.25, 0.3) is 0 Å². The third-order valence-corrected chi connectivity index (χ3v) is 6.14. The molecule has 0 amide bonds. The molecule has 0 saturated heterocycles. The van der Waals surface area contributed by atoms with E-state index >= 15 is 0 Å². The van der Waals surface area contributed by atoms with Crippen LogP contribution >= 0.6 is 0 Å². The van der Waals surface area contributed by atoms with Gasteiger partial charge >= 0.3 is 5.97 Å². The Morgan fingerprint density at radius 1 is 0.857 bits per heavy atom. The minimum Gasteiger partial charge on any atom is -0.508 e. The molecule has 28 heavy (non-hydrogen) atoms. The SMILES string of the molecule is CC(=O)Oc1ccc(C(C)=O)c2c1C1(CCc3c(C(C)=O)ccc(O)c31)CC2. The lowest BCUT2D eigenvalue weighted by atomic mass is 9.75. The first kappa shape index (κ1) is 18.4. The molecule has 0 aliphatic heterocycles. The molecule has 0 fully saturated rings. The molecular weight excluding hydrogens is 356 g/mol. The van der Waals surface area contributed by atoms with Crippen LogP contribution in [0.3, 0.4) is 0 Å². The van der Waals surface area contributed by atoms with Gasteiger partial charge in [-0.1, -0.05) is 0 Å². The lowest BCUT2D eigenvalue weighted by molar-refractivity contribution is -0.131. The fourth-order valence-electron chi connectivity index (χ4n) is 5.17. The minimum absolute atomic E-state index is 0.0378. The number of hydrogen-bond donors (Lipinski definition) is 1. The third-order valence-electron chi connectivity index (χ3n) is 6.14. The molecule has 4 rings (SSSR count). The lowest BCUT2D eigenvalue weighted by Gasteiger charge is -2.29. The van der Waals surface area contributed by atoms with Gasteiger partial charge in [0, 0.05) is 34.6 Å². The summed E-state index contributed by atoms with van der Waals surface area (Å²) in [5.41, 5.74) is 3.98. The van der Waals surface area contributed by atoms with Crippen LogP contribution in [0.15, 0.2) is 24.3 Å². The number of hydrogen-bond acceptors (Lipinski definition) is 5. The van der Waals surface area contributed by atoms with Crippen LogP contribution in [0.5, 0.6) is 11.5 Å². The monoisotopic (exact) mass is 378 g/mol. The Kier molecular flexibility index (Phi) is 4.14. The average Bonchev–Trinajstić information content (AvgIpc) is 3.18. The molecule has 0 aromatic heterocycles. The van der Waals surface area contributed by atoms with Crippen LogP contribution in [0.1, 0.15) is 76.6 Å². The van der Waals surface area contributed by atoms with E-state index in [9.17, 15) is 19.5 Å². The molecule has 5 nitrogen and oxygen atoms in total. The summed E-state index contributed by atoms with van der Waals surface area (Å²) >= 11 is 0. The number of carbonyl (C=O) groups excluding carboxylic acids is 3. The Bertz CT molecular complexity index is 1050. The average molecular weight is 378 g/mol. The van der Waals surface area contributed by atoms with Gasteiger partial charge in [-0.05, 0) is 74.9 Å². The smallest absolute Gasteiger partial charge is 0.308 e. The van der Waals surface area contributed by atoms with Crippen LogP contribution in [-0.4, -0.2) is 22.6 Å². The van der Waals surface area contributed by atoms with Crippen molar-refractivity contribution in [2.75, 3.05) is 0 Å². The van der Waals surface area contributed by atoms with Gasteiger partial charge in [0.1, 0.15) is 11.5 Å². The predicted molar refractivity (Wildman–Crippen MR) is 103 cm³/mol. The van der Waals surface area contributed by atoms with Gasteiger partial charge in [-0.3, -0.25) is 14.4 Å². The second kappa shape index (κ2) is 6.30. The van der Waals surface area contributed by atoms with E-state index in [1.54, 1.807) is 24.3 Å². The molecule has 5 heteroatoms. The van der Waals surface area contributed by atoms with Crippen molar-refractivity contribution >= 4 is 17.5 Å². The molecule has 0 radical (unpaired) electrons. The number of ketones is 2. The number of rotatable bonds is 3. The van der Waals surface area contributed by atoms with Crippen LogP contribution in [0, 0.1) is 0 Å². The van der Waals surface area contributed by atoms with Gasteiger partial charge in [-0.15, -0.1) is 0 Å². The van der Waals surface area contributed by atoms with Crippen LogP contribution in [-0.2, 0) is 23.1 Å². The Hall–Kier alpha value is -2.95. The van der Waals surface area contributed by atoms with Gasteiger partial charge in [-0.2, -0.15) is 0 Å². The summed E-state index contributed by atoms with van der Waals surface area (Å²) in [5, 5.41) is 10.8. The van der Waals surface area contributed by atoms with Crippen molar-refractivity contribution in [1.29, 1.82) is 0 Å². The molecule has 2 aliphatic rings. The van der Waals surface area contributed by atoms with Gasteiger partial charge in [0.2, 0.25) is 0 Å². The van der Waals surface area contributed by atoms with Crippen molar-refractivity contribution in [3.63, 3.8) is 0 Å². The summed E-state index contributed by atoms with van der Waals surface area (Å²) in [7, 11) is 0. The largest absolute Gasteiger partial charge is 0.508 e. The molecule has 2 aromatic rings. The molecule has 1 spiro atoms. The van der Waals surface area contributed by atoms with Gasteiger partial charge < -0.3 is 9.84 Å². The predicted octanol–water partition coefficient (Wildman–Crippen LogP) is 3.90. The number of phenols is 1. The minimum atomic E-state index is -0.559. The maximum Gasteiger partial charge on any atom is 0.308 e. The van der Waals surface area contributed by atoms with Crippen molar-refractivity contribution in [2.45, 2.75) is 51.9 Å². The van der Waals surface area contributed by atoms with E-state index in [2.05, 4.69) is 0 Å². The van der Waals surface area contributed by atoms with Crippen molar-refractivity contribution in [3.8, 4) is 11.5 Å². The van der Waals surface area contributed by atoms with Crippen molar-refractivity contribution in [3.05, 3.63) is 57.6 Å². The van der Waals surface area contributed by atoms with E-state index in [0.717, 1.165) is 22.3 Å².